The summed E-state index contributed by atoms with van der Waals surface area (Å²) in [5.41, 5.74) is 5.44. The number of ether oxygens (including phenoxy) is 1. The van der Waals surface area contributed by atoms with Crippen molar-refractivity contribution in [2.24, 2.45) is 5.73 Å². The van der Waals surface area contributed by atoms with Crippen LogP contribution in [0.1, 0.15) is 11.7 Å². The first-order valence-corrected chi connectivity index (χ1v) is 6.13. The fourth-order valence-corrected chi connectivity index (χ4v) is 2.13. The minimum Gasteiger partial charge on any atom is -0.387 e. The van der Waals surface area contributed by atoms with E-state index in [1.807, 2.05) is 4.90 Å². The Morgan fingerprint density at radius 3 is 3.00 bits per heavy atom. The van der Waals surface area contributed by atoms with Crippen molar-refractivity contribution >= 4 is 5.91 Å². The van der Waals surface area contributed by atoms with Crippen molar-refractivity contribution in [2.75, 3.05) is 26.2 Å². The molecular formula is C13H17FN2O3. The van der Waals surface area contributed by atoms with E-state index in [-0.39, 0.29) is 12.1 Å². The number of primary amides is 1. The van der Waals surface area contributed by atoms with Crippen molar-refractivity contribution in [3.05, 3.63) is 35.6 Å². The summed E-state index contributed by atoms with van der Waals surface area (Å²) in [6.07, 6.45) is -1.60. The number of aliphatic hydroxyl groups excluding tert-OH is 1. The van der Waals surface area contributed by atoms with E-state index in [2.05, 4.69) is 0 Å². The predicted molar refractivity (Wildman–Crippen MR) is 66.7 cm³/mol. The summed E-state index contributed by atoms with van der Waals surface area (Å²) in [5, 5.41) is 10.0. The van der Waals surface area contributed by atoms with Gasteiger partial charge in [0.05, 0.1) is 12.7 Å². The maximum absolute atomic E-state index is 13.5. The predicted octanol–water partition coefficient (Wildman–Crippen LogP) is 0.0452. The Balaban J connectivity index is 1.97. The molecule has 0 bridgehead atoms. The van der Waals surface area contributed by atoms with Crippen molar-refractivity contribution in [1.29, 1.82) is 0 Å². The molecule has 1 aromatic carbocycles. The van der Waals surface area contributed by atoms with Gasteiger partial charge in [-0.05, 0) is 6.07 Å². The Kier molecular flexibility index (Phi) is 4.47. The number of hydrogen-bond acceptors (Lipinski definition) is 4. The normalized spacial score (nSPS) is 22.1. The van der Waals surface area contributed by atoms with Crippen LogP contribution >= 0.6 is 0 Å². The zero-order valence-electron chi connectivity index (χ0n) is 10.5. The van der Waals surface area contributed by atoms with E-state index in [9.17, 15) is 14.3 Å². The quantitative estimate of drug-likeness (QED) is 0.808. The number of nitrogens with two attached hydrogens (primary N) is 1. The van der Waals surface area contributed by atoms with Crippen molar-refractivity contribution in [2.45, 2.75) is 12.2 Å². The zero-order valence-corrected chi connectivity index (χ0v) is 10.5. The van der Waals surface area contributed by atoms with Crippen LogP contribution in [0.25, 0.3) is 0 Å². The number of carbonyl (C=O) groups excluding carboxylic acids is 1. The molecule has 2 rings (SSSR count). The van der Waals surface area contributed by atoms with E-state index in [0.717, 1.165) is 0 Å². The molecule has 3 N–H and O–H groups in total. The van der Waals surface area contributed by atoms with Gasteiger partial charge in [0.15, 0.2) is 0 Å². The first-order chi connectivity index (χ1) is 9.08. The van der Waals surface area contributed by atoms with Crippen LogP contribution in [0.15, 0.2) is 24.3 Å². The van der Waals surface area contributed by atoms with E-state index in [1.54, 1.807) is 18.2 Å². The fourth-order valence-electron chi connectivity index (χ4n) is 2.13. The Hall–Kier alpha value is -1.50. The molecule has 0 aromatic heterocycles. The van der Waals surface area contributed by atoms with E-state index in [1.165, 1.54) is 6.07 Å². The molecule has 1 aromatic rings. The highest BCUT2D eigenvalue weighted by molar-refractivity contribution is 5.79. The number of amides is 1. The summed E-state index contributed by atoms with van der Waals surface area (Å²) < 4.78 is 18.7. The summed E-state index contributed by atoms with van der Waals surface area (Å²) in [5.74, 6) is -0.959. The molecule has 2 atom stereocenters. The van der Waals surface area contributed by atoms with Gasteiger partial charge in [0.1, 0.15) is 11.9 Å². The van der Waals surface area contributed by atoms with Crippen LogP contribution in [0.5, 0.6) is 0 Å². The third-order valence-corrected chi connectivity index (χ3v) is 3.16. The number of morpholine rings is 1. The van der Waals surface area contributed by atoms with Crippen molar-refractivity contribution in [3.63, 3.8) is 0 Å². The van der Waals surface area contributed by atoms with Gasteiger partial charge in [-0.1, -0.05) is 18.2 Å². The van der Waals surface area contributed by atoms with Crippen molar-refractivity contribution < 1.29 is 19.0 Å². The van der Waals surface area contributed by atoms with Gasteiger partial charge in [-0.3, -0.25) is 9.69 Å². The van der Waals surface area contributed by atoms with Crippen LogP contribution in [0.3, 0.4) is 0 Å². The summed E-state index contributed by atoms with van der Waals surface area (Å²) in [6, 6.07) is 6.10. The maximum atomic E-state index is 13.5. The Bertz CT molecular complexity index is 455. The number of carbonyl (C=O) groups is 1. The minimum atomic E-state index is -0.937. The molecule has 5 nitrogen and oxygen atoms in total. The molecule has 1 amide bonds. The number of hydrogen-bond donors (Lipinski definition) is 2. The van der Waals surface area contributed by atoms with Gasteiger partial charge in [0, 0.05) is 25.2 Å². The molecule has 0 saturated carbocycles. The van der Waals surface area contributed by atoms with Crippen LogP contribution in [-0.4, -0.2) is 48.3 Å². The van der Waals surface area contributed by atoms with Gasteiger partial charge in [-0.15, -0.1) is 0 Å². The average Bonchev–Trinajstić information content (AvgIpc) is 2.39. The lowest BCUT2D eigenvalue weighted by molar-refractivity contribution is -0.135. The number of nitrogens with zero attached hydrogens (tertiary/aromatic N) is 1. The van der Waals surface area contributed by atoms with Gasteiger partial charge in [0.2, 0.25) is 5.91 Å². The smallest absolute Gasteiger partial charge is 0.247 e. The SMILES string of the molecule is NC(=O)C1CN(CC(O)c2ccccc2F)CCO1. The van der Waals surface area contributed by atoms with Gasteiger partial charge in [0.25, 0.3) is 0 Å². The minimum absolute atomic E-state index is 0.244. The van der Waals surface area contributed by atoms with Crippen LogP contribution in [0.4, 0.5) is 4.39 Å². The van der Waals surface area contributed by atoms with Crippen molar-refractivity contribution in [3.8, 4) is 0 Å². The van der Waals surface area contributed by atoms with Crippen LogP contribution < -0.4 is 5.73 Å². The number of benzene rings is 1. The molecule has 6 heteroatoms. The highest BCUT2D eigenvalue weighted by Gasteiger charge is 2.26. The third kappa shape index (κ3) is 3.50. The molecule has 2 unspecified atom stereocenters. The maximum Gasteiger partial charge on any atom is 0.247 e. The Morgan fingerprint density at radius 1 is 1.58 bits per heavy atom. The Labute approximate surface area is 110 Å². The van der Waals surface area contributed by atoms with Gasteiger partial charge >= 0.3 is 0 Å². The van der Waals surface area contributed by atoms with Crippen molar-refractivity contribution in [1.82, 2.24) is 4.90 Å². The molecule has 1 heterocycles. The molecule has 1 aliphatic heterocycles. The highest BCUT2D eigenvalue weighted by atomic mass is 19.1. The standard InChI is InChI=1S/C13H17FN2O3/c14-10-4-2-1-3-9(10)11(17)7-16-5-6-19-12(8-16)13(15)18/h1-4,11-12,17H,5-8H2,(H2,15,18). The second-order valence-corrected chi connectivity index (χ2v) is 4.56. The van der Waals surface area contributed by atoms with E-state index in [0.29, 0.717) is 19.7 Å². The number of aliphatic hydroxyl groups is 1. The molecule has 1 fully saturated rings. The summed E-state index contributed by atoms with van der Waals surface area (Å²) in [4.78, 5) is 12.9. The topological polar surface area (TPSA) is 75.8 Å². The van der Waals surface area contributed by atoms with Crippen LogP contribution in [0, 0.1) is 5.82 Å². The summed E-state index contributed by atoms with van der Waals surface area (Å²) in [6.45, 7) is 1.52. The van der Waals surface area contributed by atoms with Gasteiger partial charge in [-0.25, -0.2) is 4.39 Å². The zero-order chi connectivity index (χ0) is 13.8. The van der Waals surface area contributed by atoms with Gasteiger partial charge in [-0.2, -0.15) is 0 Å². The average molecular weight is 268 g/mol. The lowest BCUT2D eigenvalue weighted by Gasteiger charge is -2.32. The fraction of sp³-hybridized carbons (Fsp3) is 0.462. The molecule has 0 spiro atoms. The molecular weight excluding hydrogens is 251 g/mol. The van der Waals surface area contributed by atoms with Gasteiger partial charge < -0.3 is 15.6 Å². The molecule has 104 valence electrons. The van der Waals surface area contributed by atoms with E-state index < -0.39 is 23.9 Å². The summed E-state index contributed by atoms with van der Waals surface area (Å²) >= 11 is 0. The van der Waals surface area contributed by atoms with Crippen LogP contribution in [-0.2, 0) is 9.53 Å². The molecule has 0 aliphatic carbocycles. The molecule has 0 radical (unpaired) electrons. The van der Waals surface area contributed by atoms with E-state index >= 15 is 0 Å². The first kappa shape index (κ1) is 13.9. The Morgan fingerprint density at radius 2 is 2.32 bits per heavy atom. The third-order valence-electron chi connectivity index (χ3n) is 3.16. The monoisotopic (exact) mass is 268 g/mol. The second kappa shape index (κ2) is 6.10. The molecule has 1 saturated heterocycles. The largest absolute Gasteiger partial charge is 0.387 e. The molecule has 1 aliphatic rings. The van der Waals surface area contributed by atoms with E-state index in [4.69, 9.17) is 10.5 Å². The highest BCUT2D eigenvalue weighted by Crippen LogP contribution is 2.18. The lowest BCUT2D eigenvalue weighted by atomic mass is 10.1. The second-order valence-electron chi connectivity index (χ2n) is 4.56. The number of rotatable bonds is 4. The first-order valence-electron chi connectivity index (χ1n) is 6.13. The number of β-amino-alcohol motifs (C(OH)–C–C–N with tert-alkyl or cyclic N) is 1. The summed E-state index contributed by atoms with van der Waals surface area (Å²) in [7, 11) is 0. The molecule has 19 heavy (non-hydrogen) atoms. The lowest BCUT2D eigenvalue weighted by Crippen LogP contribution is -2.49. The van der Waals surface area contributed by atoms with Crippen LogP contribution in [0.2, 0.25) is 0 Å². The number of halogens is 1.